The van der Waals surface area contributed by atoms with E-state index in [9.17, 15) is 18.0 Å². The molecule has 2 nitrogen and oxygen atoms in total. The Balaban J connectivity index is 2.53. The standard InChI is InChI=1S/C15H18F3NO/c1-9(2)11-6-12-8-19(10(3)20)5-4-13(12)14(7-11)15(16,17)18/h6-7,9H,4-5,8H2,1-3H3. The van der Waals surface area contributed by atoms with Crippen LogP contribution in [0.25, 0.3) is 0 Å². The van der Waals surface area contributed by atoms with Gasteiger partial charge < -0.3 is 4.90 Å². The van der Waals surface area contributed by atoms with Gasteiger partial charge in [-0.1, -0.05) is 19.9 Å². The highest BCUT2D eigenvalue weighted by Crippen LogP contribution is 2.37. The average Bonchev–Trinajstić information content (AvgIpc) is 2.35. The molecule has 0 radical (unpaired) electrons. The highest BCUT2D eigenvalue weighted by Gasteiger charge is 2.36. The molecule has 0 spiro atoms. The monoisotopic (exact) mass is 285 g/mol. The lowest BCUT2D eigenvalue weighted by Gasteiger charge is -2.30. The highest BCUT2D eigenvalue weighted by molar-refractivity contribution is 5.73. The maximum atomic E-state index is 13.2. The second-order valence-corrected chi connectivity index (χ2v) is 5.55. The minimum Gasteiger partial charge on any atom is -0.338 e. The number of rotatable bonds is 1. The van der Waals surface area contributed by atoms with Crippen LogP contribution in [-0.4, -0.2) is 17.4 Å². The zero-order chi connectivity index (χ0) is 15.1. The number of fused-ring (bicyclic) bond motifs is 1. The summed E-state index contributed by atoms with van der Waals surface area (Å²) in [7, 11) is 0. The van der Waals surface area contributed by atoms with Crippen molar-refractivity contribution in [2.75, 3.05) is 6.54 Å². The molecule has 0 bridgehead atoms. The summed E-state index contributed by atoms with van der Waals surface area (Å²) in [6, 6.07) is 3.07. The summed E-state index contributed by atoms with van der Waals surface area (Å²) in [6.45, 7) is 5.81. The van der Waals surface area contributed by atoms with Gasteiger partial charge in [0, 0.05) is 20.0 Å². The highest BCUT2D eigenvalue weighted by atomic mass is 19.4. The van der Waals surface area contributed by atoms with Crippen LogP contribution in [0, 0.1) is 0 Å². The largest absolute Gasteiger partial charge is 0.416 e. The van der Waals surface area contributed by atoms with Crippen LogP contribution in [0.15, 0.2) is 12.1 Å². The molecule has 1 aromatic rings. The minimum absolute atomic E-state index is 0.0223. The maximum Gasteiger partial charge on any atom is 0.416 e. The van der Waals surface area contributed by atoms with Gasteiger partial charge in [-0.3, -0.25) is 4.79 Å². The summed E-state index contributed by atoms with van der Waals surface area (Å²) in [4.78, 5) is 13.0. The van der Waals surface area contributed by atoms with Gasteiger partial charge in [-0.05, 0) is 35.1 Å². The van der Waals surface area contributed by atoms with Crippen molar-refractivity contribution in [1.82, 2.24) is 4.90 Å². The molecule has 2 rings (SSSR count). The molecule has 0 unspecified atom stereocenters. The molecule has 110 valence electrons. The van der Waals surface area contributed by atoms with Crippen molar-refractivity contribution >= 4 is 5.91 Å². The molecule has 0 saturated heterocycles. The number of alkyl halides is 3. The van der Waals surface area contributed by atoms with Gasteiger partial charge in [0.2, 0.25) is 5.91 Å². The van der Waals surface area contributed by atoms with Crippen LogP contribution in [0.1, 0.15) is 48.9 Å². The molecular weight excluding hydrogens is 267 g/mol. The molecule has 1 aliphatic rings. The fourth-order valence-electron chi connectivity index (χ4n) is 2.58. The van der Waals surface area contributed by atoms with Crippen molar-refractivity contribution in [1.29, 1.82) is 0 Å². The molecule has 1 heterocycles. The molecule has 1 amide bonds. The van der Waals surface area contributed by atoms with E-state index in [0.717, 1.165) is 0 Å². The zero-order valence-corrected chi connectivity index (χ0v) is 11.8. The summed E-state index contributed by atoms with van der Waals surface area (Å²) in [6.07, 6.45) is -4.07. The van der Waals surface area contributed by atoms with Crippen molar-refractivity contribution < 1.29 is 18.0 Å². The summed E-state index contributed by atoms with van der Waals surface area (Å²) < 4.78 is 39.6. The Morgan fingerprint density at radius 1 is 1.30 bits per heavy atom. The van der Waals surface area contributed by atoms with Gasteiger partial charge in [-0.2, -0.15) is 13.2 Å². The summed E-state index contributed by atoms with van der Waals surface area (Å²) in [5.74, 6) is -0.0757. The third-order valence-corrected chi connectivity index (χ3v) is 3.77. The zero-order valence-electron chi connectivity index (χ0n) is 11.8. The second kappa shape index (κ2) is 5.11. The number of hydrogen-bond acceptors (Lipinski definition) is 1. The lowest BCUT2D eigenvalue weighted by atomic mass is 9.89. The van der Waals surface area contributed by atoms with Gasteiger partial charge in [0.15, 0.2) is 0 Å². The van der Waals surface area contributed by atoms with E-state index >= 15 is 0 Å². The van der Waals surface area contributed by atoms with Crippen LogP contribution in [-0.2, 0) is 23.9 Å². The molecule has 0 aromatic heterocycles. The van der Waals surface area contributed by atoms with Crippen LogP contribution in [0.5, 0.6) is 0 Å². The van der Waals surface area contributed by atoms with E-state index in [1.165, 1.54) is 13.0 Å². The first-order valence-corrected chi connectivity index (χ1v) is 6.68. The van der Waals surface area contributed by atoms with Gasteiger partial charge in [-0.25, -0.2) is 0 Å². The van der Waals surface area contributed by atoms with E-state index in [2.05, 4.69) is 0 Å². The lowest BCUT2D eigenvalue weighted by molar-refractivity contribution is -0.138. The Morgan fingerprint density at radius 2 is 1.95 bits per heavy atom. The Hall–Kier alpha value is -1.52. The van der Waals surface area contributed by atoms with Crippen molar-refractivity contribution in [2.24, 2.45) is 0 Å². The summed E-state index contributed by atoms with van der Waals surface area (Å²) >= 11 is 0. The number of nitrogens with zero attached hydrogens (tertiary/aromatic N) is 1. The number of carbonyl (C=O) groups excluding carboxylic acids is 1. The van der Waals surface area contributed by atoms with Gasteiger partial charge in [0.25, 0.3) is 0 Å². The van der Waals surface area contributed by atoms with Crippen molar-refractivity contribution in [3.63, 3.8) is 0 Å². The van der Waals surface area contributed by atoms with Crippen LogP contribution < -0.4 is 0 Å². The third-order valence-electron chi connectivity index (χ3n) is 3.77. The van der Waals surface area contributed by atoms with Crippen molar-refractivity contribution in [3.8, 4) is 0 Å². The third kappa shape index (κ3) is 2.81. The van der Waals surface area contributed by atoms with Gasteiger partial charge in [0.1, 0.15) is 0 Å². The lowest BCUT2D eigenvalue weighted by Crippen LogP contribution is -2.35. The van der Waals surface area contributed by atoms with Crippen LogP contribution in [0.4, 0.5) is 13.2 Å². The van der Waals surface area contributed by atoms with Gasteiger partial charge in [0.05, 0.1) is 5.56 Å². The molecule has 0 N–H and O–H groups in total. The first-order valence-electron chi connectivity index (χ1n) is 6.68. The van der Waals surface area contributed by atoms with Gasteiger partial charge >= 0.3 is 6.18 Å². The number of hydrogen-bond donors (Lipinski definition) is 0. The molecule has 0 atom stereocenters. The van der Waals surface area contributed by atoms with Crippen LogP contribution in [0.2, 0.25) is 0 Å². The van der Waals surface area contributed by atoms with Crippen molar-refractivity contribution in [2.45, 2.75) is 45.8 Å². The fourth-order valence-corrected chi connectivity index (χ4v) is 2.58. The molecule has 20 heavy (non-hydrogen) atoms. The number of carbonyl (C=O) groups is 1. The molecule has 0 aliphatic carbocycles. The SMILES string of the molecule is CC(=O)N1CCc2c(cc(C(C)C)cc2C(F)(F)F)C1. The maximum absolute atomic E-state index is 13.2. The predicted octanol–water partition coefficient (Wildman–Crippen LogP) is 3.73. The topological polar surface area (TPSA) is 20.3 Å². The van der Waals surface area contributed by atoms with E-state index < -0.39 is 11.7 Å². The first kappa shape index (κ1) is 14.9. The minimum atomic E-state index is -4.34. The first-order chi connectivity index (χ1) is 9.20. The summed E-state index contributed by atoms with van der Waals surface area (Å²) in [5.41, 5.74) is 1.10. The molecule has 0 saturated carbocycles. The molecule has 1 aliphatic heterocycles. The molecule has 5 heteroatoms. The Labute approximate surface area is 116 Å². The molecule has 1 aromatic carbocycles. The smallest absolute Gasteiger partial charge is 0.338 e. The van der Waals surface area contributed by atoms with E-state index in [0.29, 0.717) is 23.2 Å². The number of halogens is 3. The van der Waals surface area contributed by atoms with Crippen LogP contribution in [0.3, 0.4) is 0 Å². The second-order valence-electron chi connectivity index (χ2n) is 5.55. The van der Waals surface area contributed by atoms with E-state index in [1.54, 1.807) is 4.90 Å². The fraction of sp³-hybridized carbons (Fsp3) is 0.533. The molecule has 0 fully saturated rings. The predicted molar refractivity (Wildman–Crippen MR) is 70.3 cm³/mol. The Morgan fingerprint density at radius 3 is 2.45 bits per heavy atom. The quantitative estimate of drug-likeness (QED) is 0.770. The number of benzene rings is 1. The van der Waals surface area contributed by atoms with Crippen LogP contribution >= 0.6 is 0 Å². The Kier molecular flexibility index (Phi) is 3.80. The number of amides is 1. The van der Waals surface area contributed by atoms with E-state index in [-0.39, 0.29) is 24.8 Å². The van der Waals surface area contributed by atoms with Crippen molar-refractivity contribution in [3.05, 3.63) is 34.4 Å². The molecular formula is C15H18F3NO. The Bertz CT molecular complexity index is 535. The van der Waals surface area contributed by atoms with Gasteiger partial charge in [-0.15, -0.1) is 0 Å². The average molecular weight is 285 g/mol. The van der Waals surface area contributed by atoms with E-state index in [4.69, 9.17) is 0 Å². The normalized spacial score (nSPS) is 15.4. The summed E-state index contributed by atoms with van der Waals surface area (Å²) in [5, 5.41) is 0. The van der Waals surface area contributed by atoms with E-state index in [1.807, 2.05) is 19.9 Å².